The molecule has 1 aromatic rings. The second kappa shape index (κ2) is 6.65. The number of anilines is 1. The molecule has 0 aliphatic rings. The van der Waals surface area contributed by atoms with Crippen molar-refractivity contribution in [3.63, 3.8) is 0 Å². The summed E-state index contributed by atoms with van der Waals surface area (Å²) in [7, 11) is 0. The quantitative estimate of drug-likeness (QED) is 0.835. The first-order valence-corrected chi connectivity index (χ1v) is 5.86. The third-order valence-corrected chi connectivity index (χ3v) is 2.42. The van der Waals surface area contributed by atoms with Crippen LogP contribution >= 0.6 is 15.9 Å². The fraction of sp³-hybridized carbons (Fsp3) is 0.0833. The normalized spacial score (nSPS) is 9.76. The van der Waals surface area contributed by atoms with Gasteiger partial charge in [-0.2, -0.15) is 15.8 Å². The van der Waals surface area contributed by atoms with Gasteiger partial charge in [0.15, 0.2) is 5.57 Å². The van der Waals surface area contributed by atoms with Crippen LogP contribution in [0.5, 0.6) is 5.75 Å². The molecule has 106 valence electrons. The molecular weight excluding hydrogens is 353 g/mol. The van der Waals surface area contributed by atoms with Crippen LogP contribution in [0, 0.1) is 34.0 Å². The average Bonchev–Trinajstić information content (AvgIpc) is 2.36. The number of hydrogen-bond acceptors (Lipinski definition) is 5. The van der Waals surface area contributed by atoms with Crippen LogP contribution in [0.1, 0.15) is 0 Å². The smallest absolute Gasteiger partial charge is 0.406 e. The number of allylic oxidation sites excluding steroid dienone is 2. The first-order valence-electron chi connectivity index (χ1n) is 5.07. The number of halogens is 4. The van der Waals surface area contributed by atoms with Crippen LogP contribution in [0.25, 0.3) is 0 Å². The zero-order valence-corrected chi connectivity index (χ0v) is 11.6. The molecule has 0 aliphatic carbocycles. The van der Waals surface area contributed by atoms with Crippen LogP contribution in [0.4, 0.5) is 18.9 Å². The highest BCUT2D eigenvalue weighted by Gasteiger charge is 2.31. The third kappa shape index (κ3) is 5.06. The Labute approximate surface area is 125 Å². The van der Waals surface area contributed by atoms with Gasteiger partial charge in [-0.25, -0.2) is 0 Å². The Morgan fingerprint density at radius 3 is 2.19 bits per heavy atom. The molecule has 0 aromatic heterocycles. The maximum Gasteiger partial charge on any atom is 0.573 e. The Bertz CT molecular complexity index is 691. The van der Waals surface area contributed by atoms with Gasteiger partial charge in [0.1, 0.15) is 29.7 Å². The van der Waals surface area contributed by atoms with E-state index in [9.17, 15) is 13.2 Å². The van der Waals surface area contributed by atoms with E-state index in [0.29, 0.717) is 0 Å². The number of benzene rings is 1. The third-order valence-electron chi connectivity index (χ3n) is 1.96. The monoisotopic (exact) mass is 356 g/mol. The molecule has 0 radical (unpaired) electrons. The number of rotatable bonds is 3. The van der Waals surface area contributed by atoms with Crippen molar-refractivity contribution in [2.75, 3.05) is 5.32 Å². The lowest BCUT2D eigenvalue weighted by Gasteiger charge is -2.11. The molecule has 9 heteroatoms. The van der Waals surface area contributed by atoms with Crippen LogP contribution in [0.3, 0.4) is 0 Å². The minimum absolute atomic E-state index is 0.0446. The zero-order valence-electron chi connectivity index (χ0n) is 9.99. The summed E-state index contributed by atoms with van der Waals surface area (Å²) in [5, 5.41) is 28.6. The number of nitrogens with one attached hydrogen (secondary N) is 1. The van der Waals surface area contributed by atoms with E-state index in [4.69, 9.17) is 15.8 Å². The van der Waals surface area contributed by atoms with Crippen LogP contribution in [-0.4, -0.2) is 6.36 Å². The van der Waals surface area contributed by atoms with E-state index in [1.165, 1.54) is 18.2 Å². The number of nitrogens with zero attached hydrogens (tertiary/aromatic N) is 3. The van der Waals surface area contributed by atoms with E-state index in [1.54, 1.807) is 6.07 Å². The van der Waals surface area contributed by atoms with Crippen LogP contribution in [-0.2, 0) is 0 Å². The number of nitriles is 3. The van der Waals surface area contributed by atoms with Crippen molar-refractivity contribution in [3.05, 3.63) is 33.9 Å². The molecule has 5 nitrogen and oxygen atoms in total. The molecule has 1 rings (SSSR count). The molecule has 0 aliphatic heterocycles. The van der Waals surface area contributed by atoms with Crippen molar-refractivity contribution in [2.24, 2.45) is 0 Å². The molecule has 0 unspecified atom stereocenters. The second-order valence-electron chi connectivity index (χ2n) is 3.43. The predicted molar refractivity (Wildman–Crippen MR) is 68.3 cm³/mol. The summed E-state index contributed by atoms with van der Waals surface area (Å²) < 4.78 is 40.5. The Balaban J connectivity index is 3.17. The summed E-state index contributed by atoms with van der Waals surface area (Å²) in [4.78, 5) is 0. The number of ether oxygens (including phenoxy) is 1. The molecular formula is C12H4BrF3N4O. The molecule has 1 N–H and O–H groups in total. The van der Waals surface area contributed by atoms with Crippen LogP contribution < -0.4 is 10.1 Å². The van der Waals surface area contributed by atoms with Crippen LogP contribution in [0.2, 0.25) is 0 Å². The zero-order chi connectivity index (χ0) is 16.0. The van der Waals surface area contributed by atoms with Crippen molar-refractivity contribution >= 4 is 21.6 Å². The minimum Gasteiger partial charge on any atom is -0.406 e. The predicted octanol–water partition coefficient (Wildman–Crippen LogP) is 3.58. The van der Waals surface area contributed by atoms with Gasteiger partial charge < -0.3 is 10.1 Å². The standard InChI is InChI=1S/C12H4BrF3N4O/c13-8-1-9(3-10(2-8)21-12(14,15)16)20-11(6-19)7(4-17)5-18/h1-3,20H. The van der Waals surface area contributed by atoms with Gasteiger partial charge in [-0.3, -0.25) is 0 Å². The van der Waals surface area contributed by atoms with Crippen LogP contribution in [0.15, 0.2) is 33.9 Å². The summed E-state index contributed by atoms with van der Waals surface area (Å²) in [5.41, 5.74) is -0.824. The summed E-state index contributed by atoms with van der Waals surface area (Å²) >= 11 is 2.99. The summed E-state index contributed by atoms with van der Waals surface area (Å²) in [6, 6.07) is 7.99. The van der Waals surface area contributed by atoms with Crippen molar-refractivity contribution in [1.82, 2.24) is 0 Å². The number of hydrogen-bond donors (Lipinski definition) is 1. The van der Waals surface area contributed by atoms with Crippen molar-refractivity contribution in [2.45, 2.75) is 6.36 Å². The molecule has 0 heterocycles. The second-order valence-corrected chi connectivity index (χ2v) is 4.35. The lowest BCUT2D eigenvalue weighted by molar-refractivity contribution is -0.274. The molecule has 0 bridgehead atoms. The Hall–Kier alpha value is -2.70. The summed E-state index contributed by atoms with van der Waals surface area (Å²) in [6.45, 7) is 0. The van der Waals surface area contributed by atoms with Gasteiger partial charge in [0.05, 0.1) is 0 Å². The molecule has 0 fully saturated rings. The number of alkyl halides is 3. The van der Waals surface area contributed by atoms with Gasteiger partial charge in [0.25, 0.3) is 0 Å². The molecule has 0 amide bonds. The van der Waals surface area contributed by atoms with Gasteiger partial charge in [0.2, 0.25) is 0 Å². The highest BCUT2D eigenvalue weighted by atomic mass is 79.9. The lowest BCUT2D eigenvalue weighted by atomic mass is 10.2. The van der Waals surface area contributed by atoms with E-state index in [0.717, 1.165) is 12.1 Å². The molecule has 1 aromatic carbocycles. The summed E-state index contributed by atoms with van der Waals surface area (Å²) in [5.74, 6) is -0.521. The first kappa shape index (κ1) is 16.4. The molecule has 0 saturated heterocycles. The maximum atomic E-state index is 12.2. The SMILES string of the molecule is N#CC(C#N)=C(C#N)Nc1cc(Br)cc(OC(F)(F)F)c1. The largest absolute Gasteiger partial charge is 0.573 e. The van der Waals surface area contributed by atoms with Crippen molar-refractivity contribution < 1.29 is 17.9 Å². The van der Waals surface area contributed by atoms with Gasteiger partial charge in [0, 0.05) is 16.2 Å². The first-order chi connectivity index (χ1) is 9.78. The minimum atomic E-state index is -4.86. The summed E-state index contributed by atoms with van der Waals surface area (Å²) in [6.07, 6.45) is -4.86. The fourth-order valence-electron chi connectivity index (χ4n) is 1.25. The Kier molecular flexibility index (Phi) is 5.18. The average molecular weight is 357 g/mol. The van der Waals surface area contributed by atoms with E-state index in [-0.39, 0.29) is 15.9 Å². The topological polar surface area (TPSA) is 92.6 Å². The van der Waals surface area contributed by atoms with E-state index >= 15 is 0 Å². The highest BCUT2D eigenvalue weighted by Crippen LogP contribution is 2.30. The molecule has 0 spiro atoms. The fourth-order valence-corrected chi connectivity index (χ4v) is 1.73. The molecule has 21 heavy (non-hydrogen) atoms. The highest BCUT2D eigenvalue weighted by molar-refractivity contribution is 9.10. The van der Waals surface area contributed by atoms with E-state index in [2.05, 4.69) is 26.0 Å². The van der Waals surface area contributed by atoms with Gasteiger partial charge in [-0.15, -0.1) is 13.2 Å². The van der Waals surface area contributed by atoms with E-state index < -0.39 is 17.7 Å². The molecule has 0 saturated carbocycles. The Morgan fingerprint density at radius 2 is 1.71 bits per heavy atom. The maximum absolute atomic E-state index is 12.2. The van der Waals surface area contributed by atoms with Gasteiger partial charge in [-0.1, -0.05) is 15.9 Å². The molecule has 0 atom stereocenters. The van der Waals surface area contributed by atoms with Crippen molar-refractivity contribution in [1.29, 1.82) is 15.8 Å². The Morgan fingerprint density at radius 1 is 1.10 bits per heavy atom. The van der Waals surface area contributed by atoms with Gasteiger partial charge in [-0.05, 0) is 12.1 Å². The lowest BCUT2D eigenvalue weighted by Crippen LogP contribution is -2.17. The van der Waals surface area contributed by atoms with Crippen molar-refractivity contribution in [3.8, 4) is 24.0 Å². The van der Waals surface area contributed by atoms with E-state index in [1.807, 2.05) is 0 Å². The van der Waals surface area contributed by atoms with Gasteiger partial charge >= 0.3 is 6.36 Å².